The van der Waals surface area contributed by atoms with E-state index in [1.807, 2.05) is 30.3 Å². The van der Waals surface area contributed by atoms with Crippen LogP contribution in [-0.4, -0.2) is 24.9 Å². The van der Waals surface area contributed by atoms with Crippen molar-refractivity contribution in [2.75, 3.05) is 13.6 Å². The SMILES string of the molecule is CN(CC/C=C1/c2ccccc2COc2ccc(CC=O)cc21)N=O. The van der Waals surface area contributed by atoms with Gasteiger partial charge in [-0.25, -0.2) is 0 Å². The summed E-state index contributed by atoms with van der Waals surface area (Å²) in [6.07, 6.45) is 4.07. The number of carbonyl (C=O) groups excluding carboxylic acids is 1. The fraction of sp³-hybridized carbons (Fsp3) is 0.250. The lowest BCUT2D eigenvalue weighted by Crippen LogP contribution is -2.10. The number of hydrogen-bond donors (Lipinski definition) is 0. The van der Waals surface area contributed by atoms with Crippen molar-refractivity contribution in [2.45, 2.75) is 19.4 Å². The van der Waals surface area contributed by atoms with Crippen molar-refractivity contribution in [3.8, 4) is 5.75 Å². The second kappa shape index (κ2) is 7.75. The van der Waals surface area contributed by atoms with Crippen molar-refractivity contribution in [3.05, 3.63) is 75.7 Å². The van der Waals surface area contributed by atoms with Gasteiger partial charge < -0.3 is 9.53 Å². The molecule has 25 heavy (non-hydrogen) atoms. The Hall–Kier alpha value is -2.95. The maximum atomic E-state index is 10.9. The fourth-order valence-corrected chi connectivity index (χ4v) is 3.00. The van der Waals surface area contributed by atoms with Crippen molar-refractivity contribution >= 4 is 11.9 Å². The van der Waals surface area contributed by atoms with Crippen LogP contribution in [0.1, 0.15) is 28.7 Å². The minimum absolute atomic E-state index is 0.375. The van der Waals surface area contributed by atoms with Gasteiger partial charge in [-0.1, -0.05) is 36.4 Å². The van der Waals surface area contributed by atoms with Crippen molar-refractivity contribution in [2.24, 2.45) is 5.29 Å². The molecule has 0 unspecified atom stereocenters. The fourth-order valence-electron chi connectivity index (χ4n) is 3.00. The molecular formula is C20H20N2O3. The molecule has 2 aromatic rings. The van der Waals surface area contributed by atoms with Gasteiger partial charge in [0, 0.05) is 25.6 Å². The van der Waals surface area contributed by atoms with Gasteiger partial charge in [-0.2, -0.15) is 0 Å². The van der Waals surface area contributed by atoms with Crippen molar-refractivity contribution < 1.29 is 9.53 Å². The normalized spacial score (nSPS) is 14.0. The highest BCUT2D eigenvalue weighted by atomic mass is 16.5. The van der Waals surface area contributed by atoms with Crippen LogP contribution in [0.15, 0.2) is 53.8 Å². The maximum Gasteiger partial charge on any atom is 0.127 e. The van der Waals surface area contributed by atoms with Gasteiger partial charge in [0.2, 0.25) is 0 Å². The van der Waals surface area contributed by atoms with Gasteiger partial charge in [0.1, 0.15) is 18.6 Å². The molecule has 0 fully saturated rings. The molecule has 3 rings (SSSR count). The zero-order valence-electron chi connectivity index (χ0n) is 14.1. The van der Waals surface area contributed by atoms with Crippen molar-refractivity contribution in [3.63, 3.8) is 0 Å². The van der Waals surface area contributed by atoms with Gasteiger partial charge in [0.25, 0.3) is 0 Å². The molecule has 1 heterocycles. The molecule has 5 nitrogen and oxygen atoms in total. The van der Waals surface area contributed by atoms with E-state index in [0.717, 1.165) is 39.9 Å². The lowest BCUT2D eigenvalue weighted by molar-refractivity contribution is -0.107. The van der Waals surface area contributed by atoms with Crippen LogP contribution in [0.3, 0.4) is 0 Å². The Kier molecular flexibility index (Phi) is 5.23. The summed E-state index contributed by atoms with van der Waals surface area (Å²) in [7, 11) is 1.66. The summed E-state index contributed by atoms with van der Waals surface area (Å²) in [6, 6.07) is 14.0. The van der Waals surface area contributed by atoms with Gasteiger partial charge in [-0.3, -0.25) is 5.01 Å². The van der Waals surface area contributed by atoms with E-state index < -0.39 is 0 Å². The predicted octanol–water partition coefficient (Wildman–Crippen LogP) is 3.76. The van der Waals surface area contributed by atoms with Crippen LogP contribution in [0, 0.1) is 4.91 Å². The first-order valence-electron chi connectivity index (χ1n) is 8.25. The molecule has 0 radical (unpaired) electrons. The quantitative estimate of drug-likeness (QED) is 0.458. The molecule has 128 valence electrons. The second-order valence-electron chi connectivity index (χ2n) is 6.02. The van der Waals surface area contributed by atoms with E-state index in [0.29, 0.717) is 26.0 Å². The molecular weight excluding hydrogens is 316 g/mol. The first kappa shape index (κ1) is 16.9. The largest absolute Gasteiger partial charge is 0.488 e. The van der Waals surface area contributed by atoms with Gasteiger partial charge in [0.15, 0.2) is 0 Å². The van der Waals surface area contributed by atoms with Gasteiger partial charge in [0.05, 0.1) is 5.29 Å². The molecule has 0 spiro atoms. The number of ether oxygens (including phenoxy) is 1. The number of rotatable bonds is 6. The van der Waals surface area contributed by atoms with E-state index in [-0.39, 0.29) is 0 Å². The van der Waals surface area contributed by atoms with Crippen LogP contribution in [-0.2, 0) is 17.8 Å². The van der Waals surface area contributed by atoms with Crippen LogP contribution in [0.4, 0.5) is 0 Å². The third kappa shape index (κ3) is 3.76. The topological polar surface area (TPSA) is 59.0 Å². The minimum atomic E-state index is 0.375. The molecule has 0 bridgehead atoms. The highest BCUT2D eigenvalue weighted by Crippen LogP contribution is 2.37. The minimum Gasteiger partial charge on any atom is -0.488 e. The Balaban J connectivity index is 2.06. The van der Waals surface area contributed by atoms with E-state index >= 15 is 0 Å². The molecule has 0 aromatic heterocycles. The molecule has 2 aromatic carbocycles. The summed E-state index contributed by atoms with van der Waals surface area (Å²) >= 11 is 0. The summed E-state index contributed by atoms with van der Waals surface area (Å²) in [5.74, 6) is 0.805. The van der Waals surface area contributed by atoms with Crippen LogP contribution in [0.25, 0.3) is 5.57 Å². The van der Waals surface area contributed by atoms with Crippen LogP contribution < -0.4 is 4.74 Å². The lowest BCUT2D eigenvalue weighted by atomic mass is 9.92. The Bertz CT molecular complexity index is 814. The van der Waals surface area contributed by atoms with E-state index in [2.05, 4.69) is 23.5 Å². The van der Waals surface area contributed by atoms with Crippen molar-refractivity contribution in [1.82, 2.24) is 5.01 Å². The molecule has 1 aliphatic heterocycles. The Labute approximate surface area is 146 Å². The average molecular weight is 336 g/mol. The maximum absolute atomic E-state index is 10.9. The highest BCUT2D eigenvalue weighted by Gasteiger charge is 2.19. The summed E-state index contributed by atoms with van der Waals surface area (Å²) in [5, 5.41) is 4.28. The summed E-state index contributed by atoms with van der Waals surface area (Å²) in [5.41, 5.74) is 5.23. The number of nitroso groups, excluding NO2 is 1. The number of hydrogen-bond acceptors (Lipinski definition) is 4. The highest BCUT2D eigenvalue weighted by molar-refractivity contribution is 5.85. The molecule has 0 saturated heterocycles. The van der Waals surface area contributed by atoms with Gasteiger partial charge >= 0.3 is 0 Å². The zero-order valence-corrected chi connectivity index (χ0v) is 14.1. The Morgan fingerprint density at radius 3 is 2.84 bits per heavy atom. The second-order valence-corrected chi connectivity index (χ2v) is 6.02. The number of fused-ring (bicyclic) bond motifs is 2. The molecule has 5 heteroatoms. The van der Waals surface area contributed by atoms with Crippen molar-refractivity contribution in [1.29, 1.82) is 0 Å². The van der Waals surface area contributed by atoms with Crippen LogP contribution >= 0.6 is 0 Å². The molecule has 0 saturated carbocycles. The van der Waals surface area contributed by atoms with Gasteiger partial charge in [-0.05, 0) is 40.8 Å². The van der Waals surface area contributed by atoms with E-state index in [1.165, 1.54) is 5.01 Å². The standard InChI is InChI=1S/C20H20N2O3/c1-22(21-24)11-4-7-18-17-6-3-2-5-16(17)14-25-20-9-8-15(10-12-23)13-19(18)20/h2-3,5-9,12-13H,4,10-11,14H2,1H3/b18-7-. The average Bonchev–Trinajstić information content (AvgIpc) is 2.79. The van der Waals surface area contributed by atoms with E-state index in [9.17, 15) is 9.70 Å². The third-order valence-corrected chi connectivity index (χ3v) is 4.28. The zero-order chi connectivity index (χ0) is 17.6. The van der Waals surface area contributed by atoms with Crippen LogP contribution in [0.5, 0.6) is 5.75 Å². The smallest absolute Gasteiger partial charge is 0.127 e. The summed E-state index contributed by atoms with van der Waals surface area (Å²) in [4.78, 5) is 21.4. The number of aldehydes is 1. The monoisotopic (exact) mass is 336 g/mol. The third-order valence-electron chi connectivity index (χ3n) is 4.28. The molecule has 0 atom stereocenters. The predicted molar refractivity (Wildman–Crippen MR) is 97.1 cm³/mol. The Morgan fingerprint density at radius 2 is 2.04 bits per heavy atom. The Morgan fingerprint density at radius 1 is 1.20 bits per heavy atom. The van der Waals surface area contributed by atoms with Crippen LogP contribution in [0.2, 0.25) is 0 Å². The molecule has 0 amide bonds. The molecule has 1 aliphatic rings. The first-order chi connectivity index (χ1) is 12.2. The number of nitrogens with zero attached hydrogens (tertiary/aromatic N) is 2. The molecule has 0 N–H and O–H groups in total. The summed E-state index contributed by atoms with van der Waals surface area (Å²) in [6.45, 7) is 1.04. The number of carbonyl (C=O) groups is 1. The summed E-state index contributed by atoms with van der Waals surface area (Å²) < 4.78 is 5.98. The molecule has 0 aliphatic carbocycles. The van der Waals surface area contributed by atoms with E-state index in [4.69, 9.17) is 4.74 Å². The first-order valence-corrected chi connectivity index (χ1v) is 8.25. The number of benzene rings is 2. The lowest BCUT2D eigenvalue weighted by Gasteiger charge is -2.13. The van der Waals surface area contributed by atoms with Gasteiger partial charge in [-0.15, -0.1) is 4.91 Å². The van der Waals surface area contributed by atoms with E-state index in [1.54, 1.807) is 7.05 Å².